The molecule has 118 heavy (non-hydrogen) atoms. The van der Waals surface area contributed by atoms with Crippen molar-refractivity contribution in [3.63, 3.8) is 0 Å². The first-order valence-corrected chi connectivity index (χ1v) is 42.7. The first-order chi connectivity index (χ1) is 58.4. The molecule has 2 aliphatic heterocycles. The predicted molar refractivity (Wildman–Crippen MR) is 505 cm³/mol. The van der Waals surface area contributed by atoms with Crippen molar-refractivity contribution >= 4 is 146 Å². The van der Waals surface area contributed by atoms with Gasteiger partial charge in [-0.2, -0.15) is 0 Å². The second-order valence-corrected chi connectivity index (χ2v) is 32.9. The van der Waals surface area contributed by atoms with Crippen molar-refractivity contribution in [1.82, 2.24) is 0 Å². The smallest absolute Gasteiger partial charge is 0.252 e. The molecule has 0 amide bonds. The Morgan fingerprint density at radius 3 is 0.983 bits per heavy atom. The fourth-order valence-corrected chi connectivity index (χ4v) is 19.7. The van der Waals surface area contributed by atoms with Gasteiger partial charge >= 0.3 is 0 Å². The third kappa shape index (κ3) is 13.8. The van der Waals surface area contributed by atoms with E-state index in [2.05, 4.69) is 420 Å². The molecule has 18 aromatic carbocycles. The average molecular weight is 1540 g/mol. The largest absolute Gasteiger partial charge is 0.311 e. The number of rotatable bonds is 14. The molecular formula is C112H88BClN4. The zero-order chi connectivity index (χ0) is 78.4. The maximum Gasteiger partial charge on any atom is 0.252 e. The molecule has 2 saturated carbocycles. The highest BCUT2D eigenvalue weighted by Gasteiger charge is 2.44. The molecule has 0 atom stereocenters. The van der Waals surface area contributed by atoms with Gasteiger partial charge in [0.05, 0.1) is 16.4 Å². The van der Waals surface area contributed by atoms with E-state index in [0.29, 0.717) is 16.9 Å². The summed E-state index contributed by atoms with van der Waals surface area (Å²) in [4.78, 5) is 9.82. The van der Waals surface area contributed by atoms with Gasteiger partial charge in [0.15, 0.2) is 0 Å². The lowest BCUT2D eigenvalue weighted by Gasteiger charge is -2.45. The van der Waals surface area contributed by atoms with Crippen molar-refractivity contribution in [3.05, 3.63) is 417 Å². The molecule has 0 bridgehead atoms. The molecule has 566 valence electrons. The van der Waals surface area contributed by atoms with E-state index in [9.17, 15) is 0 Å². The molecule has 2 aliphatic carbocycles. The molecule has 4 aliphatic rings. The molecule has 18 aromatic rings. The van der Waals surface area contributed by atoms with Gasteiger partial charge in [0.1, 0.15) is 0 Å². The van der Waals surface area contributed by atoms with E-state index in [1.165, 1.54) is 213 Å². The third-order valence-electron chi connectivity index (χ3n) is 25.4. The van der Waals surface area contributed by atoms with Crippen LogP contribution in [-0.4, -0.2) is 6.71 Å². The molecule has 0 saturated heterocycles. The molecule has 22 rings (SSSR count). The summed E-state index contributed by atoms with van der Waals surface area (Å²) in [5, 5.41) is 10.7. The van der Waals surface area contributed by atoms with Crippen LogP contribution in [0.25, 0.3) is 87.6 Å². The van der Waals surface area contributed by atoms with Crippen molar-refractivity contribution in [1.29, 1.82) is 0 Å². The van der Waals surface area contributed by atoms with Gasteiger partial charge < -0.3 is 19.6 Å². The zero-order valence-electron chi connectivity index (χ0n) is 66.1. The number of hydrogen-bond acceptors (Lipinski definition) is 4. The Morgan fingerprint density at radius 2 is 0.551 bits per heavy atom. The number of anilines is 12. The molecule has 0 radical (unpaired) electrons. The van der Waals surface area contributed by atoms with Crippen LogP contribution in [0.15, 0.2) is 400 Å². The maximum atomic E-state index is 7.89. The van der Waals surface area contributed by atoms with E-state index >= 15 is 0 Å². The van der Waals surface area contributed by atoms with Gasteiger partial charge in [0.25, 0.3) is 6.71 Å². The predicted octanol–water partition coefficient (Wildman–Crippen LogP) is 30.4. The Bertz CT molecular complexity index is 6560. The van der Waals surface area contributed by atoms with Gasteiger partial charge in [-0.3, -0.25) is 0 Å². The van der Waals surface area contributed by atoms with Gasteiger partial charge in [-0.05, 0) is 286 Å². The van der Waals surface area contributed by atoms with Crippen molar-refractivity contribution in [3.8, 4) is 44.5 Å². The SMILES string of the molecule is Clc1c(N(c2ccccc2)c2ccccc2)cc(C2CCCCC2)cc1N(c1ccc(-c2ccc3ccccc3c2)cc1)c1ccc(-c2ccc3ccccc3c2)cc1.c1ccc(N2c3ccccc3B3c4cc(-c5ccc6ccccc6c5)ccc4N(c4ccc(-c5ccc6ccccc6c5)cc4)c4cc(C5CCCCC5)cc2c43)cc1. The number of benzene rings is 18. The van der Waals surface area contributed by atoms with E-state index in [1.54, 1.807) is 0 Å². The summed E-state index contributed by atoms with van der Waals surface area (Å²) in [5.74, 6) is 1.01. The van der Waals surface area contributed by atoms with Gasteiger partial charge in [-0.1, -0.05) is 317 Å². The summed E-state index contributed by atoms with van der Waals surface area (Å²) in [6.07, 6.45) is 12.6. The summed E-state index contributed by atoms with van der Waals surface area (Å²) in [6.45, 7) is 0.0695. The van der Waals surface area contributed by atoms with E-state index in [0.717, 1.165) is 34.1 Å². The van der Waals surface area contributed by atoms with Crippen LogP contribution >= 0.6 is 11.6 Å². The average Bonchev–Trinajstić information content (AvgIpc) is 0.695. The molecule has 4 nitrogen and oxygen atoms in total. The van der Waals surface area contributed by atoms with Crippen molar-refractivity contribution < 1.29 is 0 Å². The monoisotopic (exact) mass is 1530 g/mol. The minimum Gasteiger partial charge on any atom is -0.311 e. The molecule has 6 heteroatoms. The standard InChI is InChI=1S/C56H43BN2.C56H45ClN2/c1-3-13-38(14-4-1)47-36-54-56-55(37-47)59(49-30-27-41(28-31-49)44-25-23-39-15-7-9-17-42(39)33-44)53-32-29-46(45-26-24-40-16-8-10-18-43(40)34-45)35-51(53)57(56)50-21-11-12-22-52(50)58(54)48-19-5-2-6-20-48;57-56-54(58(50-20-6-2-7-21-50)51-22-8-3-9-23-51)38-49(40-14-4-1-5-15-40)39-55(56)59(52-32-28-43(29-33-52)47-26-24-41-16-10-12-18-45(41)36-47)53-34-30-44(31-35-53)48-27-25-42-17-11-13-19-46(42)37-48/h2,5-12,15-38H,1,3-4,13-14H2;2-3,6-13,16-40H,1,4-5,14-15H2. The minimum absolute atomic E-state index is 0.0695. The Kier molecular flexibility index (Phi) is 19.4. The van der Waals surface area contributed by atoms with E-state index in [-0.39, 0.29) is 6.71 Å². The Morgan fingerprint density at radius 1 is 0.237 bits per heavy atom. The van der Waals surface area contributed by atoms with Crippen LogP contribution in [0.4, 0.5) is 68.2 Å². The molecule has 0 N–H and O–H groups in total. The summed E-state index contributed by atoms with van der Waals surface area (Å²) < 4.78 is 0. The lowest BCUT2D eigenvalue weighted by atomic mass is 9.33. The first-order valence-electron chi connectivity index (χ1n) is 42.3. The van der Waals surface area contributed by atoms with Crippen LogP contribution in [0.3, 0.4) is 0 Å². The van der Waals surface area contributed by atoms with Gasteiger partial charge in [0, 0.05) is 56.9 Å². The van der Waals surface area contributed by atoms with Gasteiger partial charge in [-0.15, -0.1) is 0 Å². The molecule has 0 spiro atoms. The lowest BCUT2D eigenvalue weighted by molar-refractivity contribution is 0.444. The number of hydrogen-bond donors (Lipinski definition) is 0. The van der Waals surface area contributed by atoms with E-state index in [4.69, 9.17) is 11.6 Å². The van der Waals surface area contributed by atoms with Gasteiger partial charge in [0.2, 0.25) is 0 Å². The van der Waals surface area contributed by atoms with E-state index in [1.807, 2.05) is 0 Å². The molecule has 2 fully saturated rings. The number of halogens is 1. The second kappa shape index (κ2) is 31.6. The summed E-state index contributed by atoms with van der Waals surface area (Å²) in [5.41, 5.74) is 30.2. The first kappa shape index (κ1) is 72.3. The van der Waals surface area contributed by atoms with Gasteiger partial charge in [-0.25, -0.2) is 0 Å². The zero-order valence-corrected chi connectivity index (χ0v) is 66.8. The highest BCUT2D eigenvalue weighted by molar-refractivity contribution is 7.00. The number of fused-ring (bicyclic) bond motifs is 8. The third-order valence-corrected chi connectivity index (χ3v) is 25.8. The lowest BCUT2D eigenvalue weighted by Crippen LogP contribution is -2.61. The topological polar surface area (TPSA) is 13.0 Å². The van der Waals surface area contributed by atoms with E-state index < -0.39 is 0 Å². The van der Waals surface area contributed by atoms with Crippen LogP contribution in [0.1, 0.15) is 87.2 Å². The van der Waals surface area contributed by atoms with Crippen molar-refractivity contribution in [2.75, 3.05) is 19.6 Å². The summed E-state index contributed by atoms with van der Waals surface area (Å²) >= 11 is 7.89. The highest BCUT2D eigenvalue weighted by atomic mass is 35.5. The van der Waals surface area contributed by atoms with Crippen molar-refractivity contribution in [2.24, 2.45) is 0 Å². The number of para-hydroxylation sites is 4. The second-order valence-electron chi connectivity index (χ2n) is 32.5. The van der Waals surface area contributed by atoms with Crippen LogP contribution in [0, 0.1) is 0 Å². The Balaban J connectivity index is 0.000000147. The molecule has 0 aromatic heterocycles. The quantitative estimate of drug-likeness (QED) is 0.101. The van der Waals surface area contributed by atoms with Crippen molar-refractivity contribution in [2.45, 2.75) is 76.0 Å². The highest BCUT2D eigenvalue weighted by Crippen LogP contribution is 2.52. The normalized spacial score (nSPS) is 13.9. The van der Waals surface area contributed by atoms with Crippen LogP contribution in [0.5, 0.6) is 0 Å². The summed E-state index contributed by atoms with van der Waals surface area (Å²) in [6, 6.07) is 147. The fourth-order valence-electron chi connectivity index (χ4n) is 19.5. The number of nitrogens with zero attached hydrogens (tertiary/aromatic N) is 4. The minimum atomic E-state index is 0.0695. The summed E-state index contributed by atoms with van der Waals surface area (Å²) in [7, 11) is 0. The molecule has 2 heterocycles. The maximum absolute atomic E-state index is 7.89. The Hall–Kier alpha value is -13.4. The molecular weight excluding hydrogens is 1450 g/mol. The Labute approximate surface area is 697 Å². The molecule has 0 unspecified atom stereocenters. The van der Waals surface area contributed by atoms with Crippen LogP contribution in [-0.2, 0) is 0 Å². The van der Waals surface area contributed by atoms with Crippen LogP contribution < -0.4 is 36.0 Å². The van der Waals surface area contributed by atoms with Crippen LogP contribution in [0.2, 0.25) is 5.02 Å². The fraction of sp³-hybridized carbons (Fsp3) is 0.107.